The summed E-state index contributed by atoms with van der Waals surface area (Å²) in [4.78, 5) is 63.9. The number of rotatable bonds is 12. The Labute approximate surface area is 234 Å². The minimum atomic E-state index is -4.38. The molecule has 4 fully saturated rings. The lowest BCUT2D eigenvalue weighted by Crippen LogP contribution is -2.71. The van der Waals surface area contributed by atoms with Crippen LogP contribution in [0.2, 0.25) is 5.02 Å². The summed E-state index contributed by atoms with van der Waals surface area (Å²) >= 11 is 6.08. The highest BCUT2D eigenvalue weighted by Crippen LogP contribution is 2.78. The van der Waals surface area contributed by atoms with Crippen LogP contribution in [0, 0.1) is 10.8 Å². The number of halogens is 4. The summed E-state index contributed by atoms with van der Waals surface area (Å²) in [6, 6.07) is 2.44. The Hall–Kier alpha value is -3.15. The number of hydrogen-bond donors (Lipinski definition) is 4. The van der Waals surface area contributed by atoms with Gasteiger partial charge >= 0.3 is 6.18 Å². The van der Waals surface area contributed by atoms with E-state index < -0.39 is 46.6 Å². The van der Waals surface area contributed by atoms with Crippen LogP contribution < -0.4 is 21.3 Å². The number of carbonyl (C=O) groups excluding carboxylic acids is 5. The molecule has 4 aliphatic rings. The second-order valence-electron chi connectivity index (χ2n) is 11.3. The zero-order chi connectivity index (χ0) is 29.5. The van der Waals surface area contributed by atoms with E-state index in [0.717, 1.165) is 12.8 Å². The van der Waals surface area contributed by atoms with E-state index in [2.05, 4.69) is 21.3 Å². The first kappa shape index (κ1) is 29.8. The van der Waals surface area contributed by atoms with Crippen LogP contribution in [0.5, 0.6) is 0 Å². The van der Waals surface area contributed by atoms with E-state index in [1.807, 2.05) is 13.8 Å². The van der Waals surface area contributed by atoms with E-state index in [4.69, 9.17) is 11.6 Å². The van der Waals surface area contributed by atoms with Crippen molar-refractivity contribution in [3.05, 3.63) is 28.8 Å². The van der Waals surface area contributed by atoms with Gasteiger partial charge in [-0.2, -0.15) is 13.2 Å². The molecule has 0 heterocycles. The summed E-state index contributed by atoms with van der Waals surface area (Å²) in [5, 5.41) is 10.5. The standard InChI is InChI=1S/C27H32ClF3N4O5/c1-3-14(2)32-20(36)9-8-19(21(37)23(39)33-16-5-6-16)34-22(38)17-10-15(28)4-7-18(17)35-24(40)25-11-26(12-25,13-25)27(29,30)31/h4,7,10,14,16,19H,3,5-6,8-9,11-13H2,1-2H3,(H,32,36)(H,33,39)(H,34,38)(H,35,40)/t14-,19+,25?,26?/m1/s1. The molecule has 40 heavy (non-hydrogen) atoms. The lowest BCUT2D eigenvalue weighted by Gasteiger charge is -2.69. The zero-order valence-corrected chi connectivity index (χ0v) is 22.9. The Kier molecular flexibility index (Phi) is 8.22. The first-order chi connectivity index (χ1) is 18.7. The van der Waals surface area contributed by atoms with Crippen LogP contribution in [-0.4, -0.2) is 53.7 Å². The number of benzene rings is 1. The van der Waals surface area contributed by atoms with Gasteiger partial charge in [0.2, 0.25) is 17.6 Å². The van der Waals surface area contributed by atoms with Crippen LogP contribution in [0.15, 0.2) is 18.2 Å². The van der Waals surface area contributed by atoms with E-state index in [1.54, 1.807) is 0 Å². The van der Waals surface area contributed by atoms with Crippen molar-refractivity contribution < 1.29 is 37.1 Å². The molecule has 218 valence electrons. The molecule has 4 saturated carbocycles. The van der Waals surface area contributed by atoms with Crippen molar-refractivity contribution in [2.24, 2.45) is 10.8 Å². The summed E-state index contributed by atoms with van der Waals surface area (Å²) < 4.78 is 39.7. The van der Waals surface area contributed by atoms with Crippen molar-refractivity contribution in [1.82, 2.24) is 16.0 Å². The Morgan fingerprint density at radius 1 is 1.07 bits per heavy atom. The average Bonchev–Trinajstić information content (AvgIpc) is 3.63. The summed E-state index contributed by atoms with van der Waals surface area (Å²) in [7, 11) is 0. The van der Waals surface area contributed by atoms with Gasteiger partial charge in [-0.25, -0.2) is 0 Å². The van der Waals surface area contributed by atoms with E-state index in [1.165, 1.54) is 18.2 Å². The predicted octanol–water partition coefficient (Wildman–Crippen LogP) is 3.65. The molecule has 2 bridgehead atoms. The molecule has 0 unspecified atom stereocenters. The molecule has 0 aliphatic heterocycles. The normalized spacial score (nSPS) is 24.4. The molecule has 13 heteroatoms. The molecular formula is C27H32ClF3N4O5. The highest BCUT2D eigenvalue weighted by molar-refractivity contribution is 6.38. The van der Waals surface area contributed by atoms with Gasteiger partial charge in [0, 0.05) is 23.5 Å². The first-order valence-electron chi connectivity index (χ1n) is 13.3. The number of alkyl halides is 3. The molecule has 4 amide bonds. The molecule has 9 nitrogen and oxygen atoms in total. The Bertz CT molecular complexity index is 1210. The van der Waals surface area contributed by atoms with Crippen LogP contribution in [0.25, 0.3) is 0 Å². The van der Waals surface area contributed by atoms with Crippen molar-refractivity contribution in [3.63, 3.8) is 0 Å². The molecule has 1 aromatic rings. The van der Waals surface area contributed by atoms with Crippen molar-refractivity contribution in [2.75, 3.05) is 5.32 Å². The highest BCUT2D eigenvalue weighted by Gasteiger charge is 2.80. The summed E-state index contributed by atoms with van der Waals surface area (Å²) in [5.41, 5.74) is -3.10. The highest BCUT2D eigenvalue weighted by atomic mass is 35.5. The third-order valence-corrected chi connectivity index (χ3v) is 8.26. The van der Waals surface area contributed by atoms with Gasteiger partial charge in [0.05, 0.1) is 28.1 Å². The third kappa shape index (κ3) is 6.11. The fraction of sp³-hybridized carbons (Fsp3) is 0.593. The van der Waals surface area contributed by atoms with Gasteiger partial charge in [0.25, 0.3) is 11.8 Å². The lowest BCUT2D eigenvalue weighted by atomic mass is 9.34. The van der Waals surface area contributed by atoms with Crippen LogP contribution in [0.3, 0.4) is 0 Å². The van der Waals surface area contributed by atoms with Crippen molar-refractivity contribution in [2.45, 2.75) is 89.5 Å². The second-order valence-corrected chi connectivity index (χ2v) is 11.7. The largest absolute Gasteiger partial charge is 0.394 e. The van der Waals surface area contributed by atoms with Gasteiger partial charge in [0.15, 0.2) is 0 Å². The molecule has 5 rings (SSSR count). The number of carbonyl (C=O) groups is 5. The minimum absolute atomic E-state index is 0.000767. The first-order valence-corrected chi connectivity index (χ1v) is 13.7. The number of amides is 4. The van der Waals surface area contributed by atoms with Gasteiger partial charge in [-0.05, 0) is 70.1 Å². The quantitative estimate of drug-likeness (QED) is 0.278. The molecule has 4 N–H and O–H groups in total. The Morgan fingerprint density at radius 2 is 1.73 bits per heavy atom. The van der Waals surface area contributed by atoms with Gasteiger partial charge in [-0.3, -0.25) is 24.0 Å². The Morgan fingerprint density at radius 3 is 2.30 bits per heavy atom. The van der Waals surface area contributed by atoms with E-state index in [9.17, 15) is 37.1 Å². The van der Waals surface area contributed by atoms with E-state index in [0.29, 0.717) is 6.42 Å². The maximum Gasteiger partial charge on any atom is 0.394 e. The number of ketones is 1. The van der Waals surface area contributed by atoms with Crippen LogP contribution in [-0.2, 0) is 19.2 Å². The Balaban J connectivity index is 1.46. The van der Waals surface area contributed by atoms with Crippen LogP contribution in [0.1, 0.15) is 75.6 Å². The van der Waals surface area contributed by atoms with Crippen molar-refractivity contribution >= 4 is 46.7 Å². The van der Waals surface area contributed by atoms with Gasteiger partial charge < -0.3 is 21.3 Å². The number of Topliss-reactive ketones (excluding diaryl/α,β-unsaturated/α-hetero) is 1. The summed E-state index contributed by atoms with van der Waals surface area (Å²) in [5.74, 6) is -3.63. The molecule has 2 atom stereocenters. The fourth-order valence-electron chi connectivity index (χ4n) is 5.27. The molecule has 4 aliphatic carbocycles. The molecule has 1 aromatic carbocycles. The monoisotopic (exact) mass is 584 g/mol. The molecular weight excluding hydrogens is 553 g/mol. The van der Waals surface area contributed by atoms with Crippen molar-refractivity contribution in [1.29, 1.82) is 0 Å². The molecule has 0 aromatic heterocycles. The van der Waals surface area contributed by atoms with Gasteiger partial charge in [-0.15, -0.1) is 0 Å². The molecule has 0 radical (unpaired) electrons. The van der Waals surface area contributed by atoms with E-state index in [-0.39, 0.29) is 66.4 Å². The topological polar surface area (TPSA) is 133 Å². The maximum absolute atomic E-state index is 13.3. The zero-order valence-electron chi connectivity index (χ0n) is 22.2. The van der Waals surface area contributed by atoms with Crippen LogP contribution >= 0.6 is 11.6 Å². The number of hydrogen-bond acceptors (Lipinski definition) is 5. The minimum Gasteiger partial charge on any atom is -0.354 e. The fourth-order valence-corrected chi connectivity index (χ4v) is 5.44. The summed E-state index contributed by atoms with van der Waals surface area (Å²) in [6.07, 6.45) is -3.43. The average molecular weight is 585 g/mol. The number of nitrogens with one attached hydrogen (secondary N) is 4. The second kappa shape index (κ2) is 11.0. The van der Waals surface area contributed by atoms with Gasteiger partial charge in [0.1, 0.15) is 0 Å². The smallest absolute Gasteiger partial charge is 0.354 e. The predicted molar refractivity (Wildman–Crippen MR) is 139 cm³/mol. The van der Waals surface area contributed by atoms with Gasteiger partial charge in [-0.1, -0.05) is 18.5 Å². The maximum atomic E-state index is 13.3. The molecule has 0 saturated heterocycles. The third-order valence-electron chi connectivity index (χ3n) is 8.03. The SMILES string of the molecule is CC[C@@H](C)NC(=O)CC[C@H](NC(=O)c1cc(Cl)ccc1NC(=O)C12CC(C(F)(F)F)(C1)C2)C(=O)C(=O)NC1CC1. The summed E-state index contributed by atoms with van der Waals surface area (Å²) in [6.45, 7) is 3.71. The van der Waals surface area contributed by atoms with Crippen molar-refractivity contribution in [3.8, 4) is 0 Å². The number of anilines is 1. The molecule has 0 spiro atoms. The van der Waals surface area contributed by atoms with Crippen LogP contribution in [0.4, 0.5) is 18.9 Å². The van der Waals surface area contributed by atoms with E-state index >= 15 is 0 Å². The lowest BCUT2D eigenvalue weighted by molar-refractivity contribution is -0.349.